The Labute approximate surface area is 352 Å². The standard InChI is InChI=1S/C43H49F2N7O8S/c1-60-29-12-15-33-31(21-29)32(22-35(48-33)34-11-7-8-17-46-34)38(54)47-28-20-36-39(55)49-43(41(57)50-61(58,59)30-13-14-30)23-27(43)10-6-4-2-3-5-9-26(40(56)52(36)24-28)19-37(53)51-18-16-42(44,45)25-51/h6-8,10-12,15,17,21-22,26-28,30,36H,2-5,9,13-14,16,18-20,23-25H2,1H3,(H,47,54)(H,49,55)(H,50,57)/t26-,27-,28-,36+,43-/m1/s1. The summed E-state index contributed by atoms with van der Waals surface area (Å²) in [6, 6.07) is 9.99. The Balaban J connectivity index is 1.11. The molecule has 0 radical (unpaired) electrons. The summed E-state index contributed by atoms with van der Waals surface area (Å²) in [7, 11) is -2.47. The number of pyridine rings is 2. The molecule has 2 saturated heterocycles. The summed E-state index contributed by atoms with van der Waals surface area (Å²) in [5.74, 6) is -7.26. The highest BCUT2D eigenvalue weighted by Gasteiger charge is 2.62. The number of hydrogen-bond donors (Lipinski definition) is 3. The number of nitrogens with one attached hydrogen (secondary N) is 3. The molecular formula is C43H49F2N7O8S. The number of fused-ring (bicyclic) bond motifs is 3. The second-order valence-electron chi connectivity index (χ2n) is 16.9. The second kappa shape index (κ2) is 16.7. The van der Waals surface area contributed by atoms with Crippen LogP contribution in [0.3, 0.4) is 0 Å². The number of nitrogens with zero attached hydrogens (tertiary/aromatic N) is 4. The van der Waals surface area contributed by atoms with E-state index < -0.39 is 93.2 Å². The predicted octanol–water partition coefficient (Wildman–Crippen LogP) is 3.88. The molecule has 0 bridgehead atoms. The van der Waals surface area contributed by atoms with E-state index in [1.807, 2.05) is 12.2 Å². The Morgan fingerprint density at radius 2 is 1.85 bits per heavy atom. The van der Waals surface area contributed by atoms with E-state index in [2.05, 4.69) is 20.3 Å². The van der Waals surface area contributed by atoms with Gasteiger partial charge in [0.05, 0.1) is 41.4 Å². The molecule has 15 nitrogen and oxygen atoms in total. The van der Waals surface area contributed by atoms with E-state index in [9.17, 15) is 41.2 Å². The molecule has 2 aliphatic carbocycles. The SMILES string of the molecule is COc1ccc2nc(-c3ccccn3)cc(C(=O)N[C@@H]3C[C@H]4C(=O)N[C@]5(C(=O)NS(=O)(=O)C6CC6)C[C@H]5C=CCCCCC[C@H](CC(=O)N5CCC(F)(F)C5)C(=O)N4C3)c2c1. The first kappa shape index (κ1) is 42.2. The van der Waals surface area contributed by atoms with Gasteiger partial charge in [0.1, 0.15) is 17.3 Å². The number of carbonyl (C=O) groups is 5. The number of alkyl halides is 2. The number of halogens is 2. The van der Waals surface area contributed by atoms with Gasteiger partial charge in [-0.25, -0.2) is 22.2 Å². The van der Waals surface area contributed by atoms with Gasteiger partial charge in [0.15, 0.2) is 0 Å². The number of likely N-dealkylation sites (tertiary alicyclic amines) is 1. The summed E-state index contributed by atoms with van der Waals surface area (Å²) in [5, 5.41) is 5.63. The third-order valence-corrected chi connectivity index (χ3v) is 14.3. The molecule has 5 atom stereocenters. The van der Waals surface area contributed by atoms with Crippen LogP contribution in [0.5, 0.6) is 5.75 Å². The number of allylic oxidation sites excluding steroid dienone is 1. The quantitative estimate of drug-likeness (QED) is 0.266. The topological polar surface area (TPSA) is 197 Å². The molecule has 5 aliphatic rings. The zero-order valence-electron chi connectivity index (χ0n) is 33.8. The summed E-state index contributed by atoms with van der Waals surface area (Å²) in [5.41, 5.74) is 0.0827. The summed E-state index contributed by atoms with van der Waals surface area (Å²) >= 11 is 0. The number of ether oxygens (including phenoxy) is 1. The molecule has 0 spiro atoms. The molecule has 3 N–H and O–H groups in total. The highest BCUT2D eigenvalue weighted by molar-refractivity contribution is 7.91. The van der Waals surface area contributed by atoms with Gasteiger partial charge in [-0.05, 0) is 81.3 Å². The normalized spacial score (nSPS) is 26.7. The molecule has 5 heterocycles. The van der Waals surface area contributed by atoms with E-state index in [1.165, 1.54) is 12.0 Å². The Hall–Kier alpha value is -5.52. The van der Waals surface area contributed by atoms with Crippen molar-refractivity contribution in [3.8, 4) is 17.1 Å². The van der Waals surface area contributed by atoms with Crippen molar-refractivity contribution in [2.24, 2.45) is 11.8 Å². The van der Waals surface area contributed by atoms with Gasteiger partial charge < -0.3 is 25.2 Å². The minimum absolute atomic E-state index is 0.0830. The molecule has 18 heteroatoms. The minimum atomic E-state index is -3.97. The largest absolute Gasteiger partial charge is 0.497 e. The number of aromatic nitrogens is 2. The van der Waals surface area contributed by atoms with Gasteiger partial charge in [0.2, 0.25) is 27.7 Å². The fraction of sp³-hybridized carbons (Fsp3) is 0.512. The van der Waals surface area contributed by atoms with Crippen LogP contribution in [0.4, 0.5) is 8.78 Å². The van der Waals surface area contributed by atoms with Crippen molar-refractivity contribution in [1.29, 1.82) is 0 Å². The fourth-order valence-electron chi connectivity index (χ4n) is 8.75. The van der Waals surface area contributed by atoms with Gasteiger partial charge in [-0.3, -0.25) is 33.7 Å². The molecule has 4 fully saturated rings. The van der Waals surface area contributed by atoms with Gasteiger partial charge in [0.25, 0.3) is 17.7 Å². The number of carbonyl (C=O) groups excluding carboxylic acids is 5. The molecule has 5 amide bonds. The lowest BCUT2D eigenvalue weighted by Crippen LogP contribution is -2.57. The molecule has 61 heavy (non-hydrogen) atoms. The summed E-state index contributed by atoms with van der Waals surface area (Å²) in [4.78, 5) is 82.4. The third kappa shape index (κ3) is 9.09. The Morgan fingerprint density at radius 3 is 2.57 bits per heavy atom. The maximum atomic E-state index is 14.7. The summed E-state index contributed by atoms with van der Waals surface area (Å²) < 4.78 is 61.8. The third-order valence-electron chi connectivity index (χ3n) is 12.5. The van der Waals surface area contributed by atoms with Crippen LogP contribution in [0.25, 0.3) is 22.3 Å². The molecule has 0 unspecified atom stereocenters. The lowest BCUT2D eigenvalue weighted by atomic mass is 9.94. The second-order valence-corrected chi connectivity index (χ2v) is 18.9. The first-order valence-corrected chi connectivity index (χ1v) is 22.4. The van der Waals surface area contributed by atoms with Crippen molar-refractivity contribution < 1.29 is 45.9 Å². The first-order valence-electron chi connectivity index (χ1n) is 20.9. The van der Waals surface area contributed by atoms with Crippen LogP contribution in [0.2, 0.25) is 0 Å². The Bertz CT molecular complexity index is 2380. The average Bonchev–Trinajstić information content (AvgIpc) is 4.14. The Kier molecular flexibility index (Phi) is 11.6. The van der Waals surface area contributed by atoms with Crippen molar-refractivity contribution in [2.45, 2.75) is 99.4 Å². The van der Waals surface area contributed by atoms with Gasteiger partial charge >= 0.3 is 0 Å². The van der Waals surface area contributed by atoms with Crippen LogP contribution in [-0.2, 0) is 29.2 Å². The van der Waals surface area contributed by atoms with E-state index >= 15 is 0 Å². The lowest BCUT2D eigenvalue weighted by molar-refractivity contribution is -0.145. The van der Waals surface area contributed by atoms with E-state index in [4.69, 9.17) is 9.72 Å². The van der Waals surface area contributed by atoms with Crippen LogP contribution in [0, 0.1) is 11.8 Å². The van der Waals surface area contributed by atoms with Crippen molar-refractivity contribution in [3.63, 3.8) is 0 Å². The van der Waals surface area contributed by atoms with Crippen LogP contribution in [0.15, 0.2) is 60.8 Å². The van der Waals surface area contributed by atoms with Crippen LogP contribution < -0.4 is 20.1 Å². The van der Waals surface area contributed by atoms with E-state index in [0.717, 1.165) is 11.3 Å². The lowest BCUT2D eigenvalue weighted by Gasteiger charge is -2.30. The van der Waals surface area contributed by atoms with Crippen molar-refractivity contribution in [3.05, 3.63) is 66.4 Å². The van der Waals surface area contributed by atoms with E-state index in [-0.39, 0.29) is 44.3 Å². The van der Waals surface area contributed by atoms with Crippen LogP contribution >= 0.6 is 0 Å². The smallest absolute Gasteiger partial charge is 0.267 e. The van der Waals surface area contributed by atoms with Crippen LogP contribution in [-0.4, -0.2) is 113 Å². The summed E-state index contributed by atoms with van der Waals surface area (Å²) in [6.07, 6.45) is 8.24. The summed E-state index contributed by atoms with van der Waals surface area (Å²) in [6.45, 7) is -1.02. The number of hydrogen-bond acceptors (Lipinski definition) is 10. The molecule has 324 valence electrons. The van der Waals surface area contributed by atoms with Gasteiger partial charge in [-0.1, -0.05) is 31.1 Å². The van der Waals surface area contributed by atoms with Crippen molar-refractivity contribution in [2.75, 3.05) is 26.7 Å². The molecule has 2 aromatic heterocycles. The van der Waals surface area contributed by atoms with Crippen molar-refractivity contribution in [1.82, 2.24) is 35.1 Å². The van der Waals surface area contributed by atoms with Gasteiger partial charge in [-0.2, -0.15) is 0 Å². The zero-order chi connectivity index (χ0) is 43.1. The minimum Gasteiger partial charge on any atom is -0.497 e. The molecule has 2 saturated carbocycles. The monoisotopic (exact) mass is 861 g/mol. The number of benzene rings is 1. The average molecular weight is 862 g/mol. The number of rotatable bonds is 9. The fourth-order valence-corrected chi connectivity index (χ4v) is 10.1. The highest BCUT2D eigenvalue weighted by atomic mass is 32.2. The van der Waals surface area contributed by atoms with E-state index in [1.54, 1.807) is 48.7 Å². The van der Waals surface area contributed by atoms with Crippen molar-refractivity contribution >= 4 is 50.5 Å². The van der Waals surface area contributed by atoms with Gasteiger partial charge in [0, 0.05) is 55.4 Å². The number of sulfonamides is 1. The van der Waals surface area contributed by atoms with Gasteiger partial charge in [-0.15, -0.1) is 0 Å². The zero-order valence-corrected chi connectivity index (χ0v) is 34.6. The molecule has 3 aliphatic heterocycles. The Morgan fingerprint density at radius 1 is 1.03 bits per heavy atom. The maximum Gasteiger partial charge on any atom is 0.267 e. The highest BCUT2D eigenvalue weighted by Crippen LogP contribution is 2.46. The van der Waals surface area contributed by atoms with Crippen LogP contribution in [0.1, 0.15) is 81.0 Å². The first-order chi connectivity index (χ1) is 29.2. The molecule has 1 aromatic carbocycles. The molecule has 8 rings (SSSR count). The number of amides is 5. The molecular weight excluding hydrogens is 813 g/mol. The molecule has 3 aromatic rings. The van der Waals surface area contributed by atoms with E-state index in [0.29, 0.717) is 60.1 Å². The predicted molar refractivity (Wildman–Crippen MR) is 218 cm³/mol. The maximum absolute atomic E-state index is 14.7. The number of methoxy groups -OCH3 is 1.